The highest BCUT2D eigenvalue weighted by Crippen LogP contribution is 2.39. The van der Waals surface area contributed by atoms with Gasteiger partial charge < -0.3 is 8.98 Å². The van der Waals surface area contributed by atoms with Gasteiger partial charge in [0.2, 0.25) is 0 Å². The predicted octanol–water partition coefficient (Wildman–Crippen LogP) is 12.2. The molecule has 0 spiro atoms. The fourth-order valence-corrected chi connectivity index (χ4v) is 8.67. The summed E-state index contributed by atoms with van der Waals surface area (Å²) in [5.74, 6) is 1.85. The molecule has 4 aromatic heterocycles. The first-order valence-electron chi connectivity index (χ1n) is 16.9. The van der Waals surface area contributed by atoms with Crippen LogP contribution in [0.2, 0.25) is 0 Å². The molecule has 0 amide bonds. The summed E-state index contributed by atoms with van der Waals surface area (Å²) in [5.41, 5.74) is 7.74. The van der Waals surface area contributed by atoms with Crippen LogP contribution in [0.25, 0.3) is 104 Å². The smallest absolute Gasteiger partial charge is 0.166 e. The second kappa shape index (κ2) is 10.9. The summed E-state index contributed by atoms with van der Waals surface area (Å²) in [7, 11) is 0. The Labute approximate surface area is 295 Å². The summed E-state index contributed by atoms with van der Waals surface area (Å²) in [5, 5.41) is 7.01. The summed E-state index contributed by atoms with van der Waals surface area (Å²) >= 11 is 1.79. The molecule has 238 valence electrons. The molecule has 0 saturated carbocycles. The Balaban J connectivity index is 1.17. The van der Waals surface area contributed by atoms with Crippen LogP contribution in [0.5, 0.6) is 0 Å². The molecule has 0 N–H and O–H groups in total. The third-order valence-corrected chi connectivity index (χ3v) is 11.0. The highest BCUT2D eigenvalue weighted by Gasteiger charge is 2.20. The van der Waals surface area contributed by atoms with Crippen LogP contribution >= 0.6 is 11.3 Å². The largest absolute Gasteiger partial charge is 0.456 e. The molecular weight excluding hydrogens is 645 g/mol. The van der Waals surface area contributed by atoms with Gasteiger partial charge in [0.05, 0.1) is 16.7 Å². The lowest BCUT2D eigenvalue weighted by molar-refractivity contribution is 0.669. The van der Waals surface area contributed by atoms with Gasteiger partial charge in [0.25, 0.3) is 0 Å². The Morgan fingerprint density at radius 2 is 0.980 bits per heavy atom. The molecular formula is C45H26N4OS. The lowest BCUT2D eigenvalue weighted by Gasteiger charge is -2.14. The molecule has 6 heteroatoms. The van der Waals surface area contributed by atoms with Gasteiger partial charge in [0.15, 0.2) is 17.5 Å². The molecule has 0 radical (unpaired) electrons. The quantitative estimate of drug-likeness (QED) is 0.187. The highest BCUT2D eigenvalue weighted by atomic mass is 32.1. The molecule has 11 rings (SSSR count). The van der Waals surface area contributed by atoms with Crippen molar-refractivity contribution >= 4 is 75.3 Å². The molecule has 11 aromatic rings. The molecule has 0 aliphatic rings. The number of para-hydroxylation sites is 4. The summed E-state index contributed by atoms with van der Waals surface area (Å²) in [6.07, 6.45) is 0. The zero-order valence-corrected chi connectivity index (χ0v) is 27.9. The van der Waals surface area contributed by atoms with Crippen LogP contribution in [0, 0.1) is 0 Å². The lowest BCUT2D eigenvalue weighted by atomic mass is 10.1. The Hall–Kier alpha value is -6.63. The van der Waals surface area contributed by atoms with Crippen molar-refractivity contribution in [3.63, 3.8) is 0 Å². The summed E-state index contributed by atoms with van der Waals surface area (Å²) in [4.78, 5) is 15.6. The Kier molecular flexibility index (Phi) is 6.05. The maximum Gasteiger partial charge on any atom is 0.166 e. The van der Waals surface area contributed by atoms with E-state index in [1.165, 1.54) is 30.9 Å². The second-order valence-electron chi connectivity index (χ2n) is 12.8. The minimum atomic E-state index is 0.607. The highest BCUT2D eigenvalue weighted by molar-refractivity contribution is 7.25. The molecule has 7 aromatic carbocycles. The van der Waals surface area contributed by atoms with Crippen molar-refractivity contribution in [1.29, 1.82) is 0 Å². The summed E-state index contributed by atoms with van der Waals surface area (Å²) in [6.45, 7) is 0. The van der Waals surface area contributed by atoms with Crippen LogP contribution in [0.1, 0.15) is 0 Å². The lowest BCUT2D eigenvalue weighted by Crippen LogP contribution is -2.03. The van der Waals surface area contributed by atoms with Crippen molar-refractivity contribution < 1.29 is 4.42 Å². The number of hydrogen-bond donors (Lipinski definition) is 0. The normalized spacial score (nSPS) is 11.9. The molecule has 4 heterocycles. The first kappa shape index (κ1) is 28.2. The molecule has 0 fully saturated rings. The van der Waals surface area contributed by atoms with E-state index in [4.69, 9.17) is 19.4 Å². The van der Waals surface area contributed by atoms with Crippen molar-refractivity contribution in [2.75, 3.05) is 0 Å². The van der Waals surface area contributed by atoms with Crippen molar-refractivity contribution in [2.24, 2.45) is 0 Å². The van der Waals surface area contributed by atoms with Crippen LogP contribution in [-0.4, -0.2) is 19.5 Å². The Morgan fingerprint density at radius 1 is 0.412 bits per heavy atom. The van der Waals surface area contributed by atoms with Crippen LogP contribution in [0.15, 0.2) is 162 Å². The van der Waals surface area contributed by atoms with E-state index in [9.17, 15) is 0 Å². The second-order valence-corrected chi connectivity index (χ2v) is 13.9. The van der Waals surface area contributed by atoms with Gasteiger partial charge in [-0.1, -0.05) is 97.1 Å². The minimum absolute atomic E-state index is 0.607. The van der Waals surface area contributed by atoms with Crippen LogP contribution in [-0.2, 0) is 0 Å². The number of rotatable bonds is 4. The molecule has 0 aliphatic carbocycles. The van der Waals surface area contributed by atoms with Crippen LogP contribution in [0.3, 0.4) is 0 Å². The van der Waals surface area contributed by atoms with E-state index in [0.29, 0.717) is 17.5 Å². The molecule has 0 atom stereocenters. The SMILES string of the molecule is c1ccc(-n2c3ccccc3c3ccccc32)c(-c2nc(-c3ccc4c(c3)sc3ccccc34)nc(-c3ccc4oc5ccccc5c4c3)n2)c1. The van der Waals surface area contributed by atoms with E-state index in [-0.39, 0.29) is 0 Å². The van der Waals surface area contributed by atoms with Gasteiger partial charge in [-0.2, -0.15) is 0 Å². The molecule has 51 heavy (non-hydrogen) atoms. The van der Waals surface area contributed by atoms with Crippen molar-refractivity contribution in [2.45, 2.75) is 0 Å². The first-order valence-corrected chi connectivity index (χ1v) is 17.8. The van der Waals surface area contributed by atoms with E-state index >= 15 is 0 Å². The molecule has 5 nitrogen and oxygen atoms in total. The Bertz CT molecular complexity index is 3120. The number of aromatic nitrogens is 4. The van der Waals surface area contributed by atoms with Crippen molar-refractivity contribution in [3.8, 4) is 39.9 Å². The monoisotopic (exact) mass is 670 g/mol. The van der Waals surface area contributed by atoms with Crippen molar-refractivity contribution in [1.82, 2.24) is 19.5 Å². The molecule has 0 aliphatic heterocycles. The average molecular weight is 671 g/mol. The fourth-order valence-electron chi connectivity index (χ4n) is 7.52. The third kappa shape index (κ3) is 4.37. The van der Waals surface area contributed by atoms with Gasteiger partial charge in [0, 0.05) is 58.4 Å². The predicted molar refractivity (Wildman–Crippen MR) is 211 cm³/mol. The summed E-state index contributed by atoms with van der Waals surface area (Å²) < 4.78 is 11.0. The van der Waals surface area contributed by atoms with E-state index in [1.807, 2.05) is 30.3 Å². The molecule has 0 bridgehead atoms. The topological polar surface area (TPSA) is 56.7 Å². The van der Waals surface area contributed by atoms with E-state index in [0.717, 1.165) is 55.3 Å². The fraction of sp³-hybridized carbons (Fsp3) is 0. The van der Waals surface area contributed by atoms with Gasteiger partial charge in [-0.05, 0) is 60.7 Å². The van der Waals surface area contributed by atoms with E-state index < -0.39 is 0 Å². The third-order valence-electron chi connectivity index (χ3n) is 9.87. The van der Waals surface area contributed by atoms with Crippen LogP contribution < -0.4 is 0 Å². The molecule has 0 saturated heterocycles. The maximum atomic E-state index is 6.17. The minimum Gasteiger partial charge on any atom is -0.456 e. The summed E-state index contributed by atoms with van der Waals surface area (Å²) in [6, 6.07) is 55.0. The zero-order valence-electron chi connectivity index (χ0n) is 27.1. The zero-order chi connectivity index (χ0) is 33.5. The number of furan rings is 1. The number of benzene rings is 7. The Morgan fingerprint density at radius 3 is 1.78 bits per heavy atom. The van der Waals surface area contributed by atoms with Crippen LogP contribution in [0.4, 0.5) is 0 Å². The molecule has 0 unspecified atom stereocenters. The van der Waals surface area contributed by atoms with Gasteiger partial charge in [-0.3, -0.25) is 0 Å². The van der Waals surface area contributed by atoms with Gasteiger partial charge in [0.1, 0.15) is 11.2 Å². The number of fused-ring (bicyclic) bond motifs is 9. The van der Waals surface area contributed by atoms with E-state index in [1.54, 1.807) is 11.3 Å². The maximum absolute atomic E-state index is 6.17. The van der Waals surface area contributed by atoms with Gasteiger partial charge in [-0.25, -0.2) is 15.0 Å². The van der Waals surface area contributed by atoms with Gasteiger partial charge >= 0.3 is 0 Å². The first-order chi connectivity index (χ1) is 25.3. The standard InChI is InChI=1S/C45H26N4OS/c1-6-16-36-29(11-1)30-12-2-7-17-37(30)49(36)38-18-8-3-15-34(38)45-47-43(27-22-24-40-35(25-27)31-13-4-9-19-39(31)50-40)46-44(48-45)28-21-23-33-32-14-5-10-20-41(32)51-42(33)26-28/h1-26H. The number of hydrogen-bond acceptors (Lipinski definition) is 5. The van der Waals surface area contributed by atoms with E-state index in [2.05, 4.69) is 132 Å². The van der Waals surface area contributed by atoms with Crippen molar-refractivity contribution in [3.05, 3.63) is 158 Å². The number of nitrogens with zero attached hydrogens (tertiary/aromatic N) is 4. The van der Waals surface area contributed by atoms with Gasteiger partial charge in [-0.15, -0.1) is 11.3 Å². The number of thiophene rings is 1. The average Bonchev–Trinajstić information content (AvgIpc) is 3.86.